The van der Waals surface area contributed by atoms with Crippen LogP contribution >= 0.6 is 15.9 Å². The fraction of sp³-hybridized carbons (Fsp3) is 0.462. The van der Waals surface area contributed by atoms with E-state index in [1.54, 1.807) is 12.1 Å². The minimum absolute atomic E-state index is 0.147. The summed E-state index contributed by atoms with van der Waals surface area (Å²) < 4.78 is 14.4. The van der Waals surface area contributed by atoms with Crippen LogP contribution in [0.2, 0.25) is 0 Å². The lowest BCUT2D eigenvalue weighted by molar-refractivity contribution is -0.119. The van der Waals surface area contributed by atoms with E-state index in [-0.39, 0.29) is 12.4 Å². The summed E-state index contributed by atoms with van der Waals surface area (Å²) in [7, 11) is 0. The normalized spacial score (nSPS) is 11.2. The molecule has 0 atom stereocenters. The molecule has 0 aliphatic rings. The first-order valence-electron chi connectivity index (χ1n) is 5.83. The summed E-state index contributed by atoms with van der Waals surface area (Å²) in [5.74, 6) is -0.279. The number of hydrogen-bond acceptors (Lipinski definition) is 2. The predicted octanol–water partition coefficient (Wildman–Crippen LogP) is 2.53. The van der Waals surface area contributed by atoms with E-state index in [0.717, 1.165) is 0 Å². The highest BCUT2D eigenvalue weighted by molar-refractivity contribution is 9.10. The Hall–Kier alpha value is -0.940. The maximum atomic E-state index is 13.7. The number of nitrogens with two attached hydrogens (primary N) is 1. The molecule has 1 rings (SSSR count). The first-order valence-corrected chi connectivity index (χ1v) is 6.62. The number of nitrogens with zero attached hydrogens (tertiary/aromatic N) is 1. The third kappa shape index (κ3) is 5.14. The molecule has 0 radical (unpaired) electrons. The average Bonchev–Trinajstić information content (AvgIpc) is 2.20. The smallest absolute Gasteiger partial charge is 0.231 e. The minimum Gasteiger partial charge on any atom is -0.369 e. The van der Waals surface area contributed by atoms with Gasteiger partial charge >= 0.3 is 0 Å². The summed E-state index contributed by atoms with van der Waals surface area (Å²) in [4.78, 5) is 12.9. The fourth-order valence-corrected chi connectivity index (χ4v) is 2.15. The van der Waals surface area contributed by atoms with Crippen LogP contribution in [0.5, 0.6) is 0 Å². The number of hydrogen-bond donors (Lipinski definition) is 1. The molecule has 5 heteroatoms. The van der Waals surface area contributed by atoms with Crippen molar-refractivity contribution >= 4 is 21.8 Å². The van der Waals surface area contributed by atoms with Crippen LogP contribution < -0.4 is 5.73 Å². The molecule has 0 aliphatic carbocycles. The van der Waals surface area contributed by atoms with Crippen molar-refractivity contribution in [2.45, 2.75) is 20.4 Å². The van der Waals surface area contributed by atoms with Gasteiger partial charge in [-0.2, -0.15) is 0 Å². The fourth-order valence-electron chi connectivity index (χ4n) is 1.81. The lowest BCUT2D eigenvalue weighted by Crippen LogP contribution is -2.36. The third-order valence-electron chi connectivity index (χ3n) is 2.41. The maximum Gasteiger partial charge on any atom is 0.231 e. The van der Waals surface area contributed by atoms with Crippen LogP contribution in [0, 0.1) is 11.7 Å². The van der Waals surface area contributed by atoms with Gasteiger partial charge in [0.15, 0.2) is 0 Å². The highest BCUT2D eigenvalue weighted by Gasteiger charge is 2.13. The van der Waals surface area contributed by atoms with E-state index in [1.807, 2.05) is 18.7 Å². The Morgan fingerprint density at radius 2 is 2.17 bits per heavy atom. The zero-order valence-corrected chi connectivity index (χ0v) is 12.2. The molecule has 0 saturated carbocycles. The Balaban J connectivity index is 2.78. The summed E-state index contributed by atoms with van der Waals surface area (Å²) in [6, 6.07) is 4.93. The van der Waals surface area contributed by atoms with Crippen LogP contribution in [0.15, 0.2) is 22.7 Å². The van der Waals surface area contributed by atoms with Crippen molar-refractivity contribution in [3.8, 4) is 0 Å². The largest absolute Gasteiger partial charge is 0.369 e. The molecule has 3 nitrogen and oxygen atoms in total. The summed E-state index contributed by atoms with van der Waals surface area (Å²) in [5, 5.41) is 0. The summed E-state index contributed by atoms with van der Waals surface area (Å²) in [6.07, 6.45) is 0. The van der Waals surface area contributed by atoms with Gasteiger partial charge in [-0.25, -0.2) is 4.39 Å². The number of rotatable bonds is 6. The molecular weight excluding hydrogens is 299 g/mol. The first-order chi connectivity index (χ1) is 8.38. The second-order valence-corrected chi connectivity index (χ2v) is 5.68. The SMILES string of the molecule is CC(C)CN(CC(N)=O)Cc1ccc(Br)cc1F. The van der Waals surface area contributed by atoms with Gasteiger partial charge in [0, 0.05) is 23.1 Å². The van der Waals surface area contributed by atoms with Gasteiger partial charge in [-0.3, -0.25) is 9.69 Å². The van der Waals surface area contributed by atoms with Crippen LogP contribution in [0.3, 0.4) is 0 Å². The highest BCUT2D eigenvalue weighted by atomic mass is 79.9. The van der Waals surface area contributed by atoms with Crippen molar-refractivity contribution in [2.24, 2.45) is 11.7 Å². The molecular formula is C13H18BrFN2O. The topological polar surface area (TPSA) is 46.3 Å². The number of primary amides is 1. The molecule has 1 aromatic rings. The molecule has 18 heavy (non-hydrogen) atoms. The van der Waals surface area contributed by atoms with Crippen molar-refractivity contribution in [3.63, 3.8) is 0 Å². The Morgan fingerprint density at radius 1 is 1.50 bits per heavy atom. The Labute approximate surface area is 115 Å². The van der Waals surface area contributed by atoms with Crippen molar-refractivity contribution in [1.82, 2.24) is 4.90 Å². The van der Waals surface area contributed by atoms with Crippen molar-refractivity contribution in [3.05, 3.63) is 34.1 Å². The van der Waals surface area contributed by atoms with Crippen LogP contribution in [-0.4, -0.2) is 23.9 Å². The molecule has 0 aromatic heterocycles. The van der Waals surface area contributed by atoms with Crippen LogP contribution in [0.4, 0.5) is 4.39 Å². The molecule has 0 aliphatic heterocycles. The van der Waals surface area contributed by atoms with E-state index in [2.05, 4.69) is 15.9 Å². The molecule has 0 heterocycles. The molecule has 0 bridgehead atoms. The number of benzene rings is 1. The third-order valence-corrected chi connectivity index (χ3v) is 2.91. The van der Waals surface area contributed by atoms with Gasteiger partial charge in [-0.1, -0.05) is 35.8 Å². The molecule has 0 unspecified atom stereocenters. The van der Waals surface area contributed by atoms with Crippen LogP contribution in [-0.2, 0) is 11.3 Å². The second kappa shape index (κ2) is 6.85. The molecule has 2 N–H and O–H groups in total. The van der Waals surface area contributed by atoms with Gasteiger partial charge < -0.3 is 5.73 Å². The van der Waals surface area contributed by atoms with Gasteiger partial charge in [0.25, 0.3) is 0 Å². The summed E-state index contributed by atoms with van der Waals surface area (Å²) >= 11 is 3.22. The van der Waals surface area contributed by atoms with Gasteiger partial charge in [0.05, 0.1) is 6.54 Å². The lowest BCUT2D eigenvalue weighted by Gasteiger charge is -2.23. The van der Waals surface area contributed by atoms with E-state index in [9.17, 15) is 9.18 Å². The van der Waals surface area contributed by atoms with E-state index in [0.29, 0.717) is 29.0 Å². The number of amides is 1. The average molecular weight is 317 g/mol. The maximum absolute atomic E-state index is 13.7. The van der Waals surface area contributed by atoms with Crippen molar-refractivity contribution < 1.29 is 9.18 Å². The van der Waals surface area contributed by atoms with Gasteiger partial charge in [0.1, 0.15) is 5.82 Å². The standard InChI is InChI=1S/C13H18BrFN2O/c1-9(2)6-17(8-13(16)18)7-10-3-4-11(14)5-12(10)15/h3-5,9H,6-8H2,1-2H3,(H2,16,18). The Bertz CT molecular complexity index is 423. The van der Waals surface area contributed by atoms with Crippen LogP contribution in [0.1, 0.15) is 19.4 Å². The van der Waals surface area contributed by atoms with E-state index in [1.165, 1.54) is 6.07 Å². The number of carbonyl (C=O) groups is 1. The minimum atomic E-state index is -0.395. The Kier molecular flexibility index (Phi) is 5.75. The molecule has 0 fully saturated rings. The monoisotopic (exact) mass is 316 g/mol. The number of halogens is 2. The van der Waals surface area contributed by atoms with E-state index >= 15 is 0 Å². The molecule has 1 amide bonds. The van der Waals surface area contributed by atoms with Crippen LogP contribution in [0.25, 0.3) is 0 Å². The number of carbonyl (C=O) groups excluding carboxylic acids is 1. The zero-order valence-electron chi connectivity index (χ0n) is 10.6. The highest BCUT2D eigenvalue weighted by Crippen LogP contribution is 2.17. The molecule has 100 valence electrons. The second-order valence-electron chi connectivity index (χ2n) is 4.77. The molecule has 0 spiro atoms. The molecule has 0 saturated heterocycles. The Morgan fingerprint density at radius 3 is 2.67 bits per heavy atom. The van der Waals surface area contributed by atoms with Crippen molar-refractivity contribution in [1.29, 1.82) is 0 Å². The predicted molar refractivity (Wildman–Crippen MR) is 73.4 cm³/mol. The quantitative estimate of drug-likeness (QED) is 0.876. The van der Waals surface area contributed by atoms with Gasteiger partial charge in [-0.05, 0) is 18.1 Å². The van der Waals surface area contributed by atoms with Crippen molar-refractivity contribution in [2.75, 3.05) is 13.1 Å². The van der Waals surface area contributed by atoms with E-state index < -0.39 is 5.91 Å². The summed E-state index contributed by atoms with van der Waals surface area (Å²) in [6.45, 7) is 5.34. The van der Waals surface area contributed by atoms with Gasteiger partial charge in [-0.15, -0.1) is 0 Å². The van der Waals surface area contributed by atoms with Gasteiger partial charge in [0.2, 0.25) is 5.91 Å². The zero-order chi connectivity index (χ0) is 13.7. The first kappa shape index (κ1) is 15.1. The summed E-state index contributed by atoms with van der Waals surface area (Å²) in [5.41, 5.74) is 5.77. The molecule has 1 aromatic carbocycles. The lowest BCUT2D eigenvalue weighted by atomic mass is 10.1. The van der Waals surface area contributed by atoms with E-state index in [4.69, 9.17) is 5.73 Å².